The maximum atomic E-state index is 8.49. The number of anilines is 1. The average Bonchev–Trinajstić information content (AvgIpc) is 2.42. The number of nitrogens with two attached hydrogens (primary N) is 1. The molecule has 1 rings (SSSR count). The van der Waals surface area contributed by atoms with E-state index in [0.717, 1.165) is 23.5 Å². The van der Waals surface area contributed by atoms with Gasteiger partial charge in [0.1, 0.15) is 0 Å². The van der Waals surface area contributed by atoms with Crippen molar-refractivity contribution in [1.82, 2.24) is 9.78 Å². The van der Waals surface area contributed by atoms with Gasteiger partial charge in [-0.25, -0.2) is 0 Å². The van der Waals surface area contributed by atoms with E-state index in [4.69, 9.17) is 11.0 Å². The number of hydrogen-bond acceptors (Lipinski definition) is 3. The molecule has 1 heterocycles. The van der Waals surface area contributed by atoms with Gasteiger partial charge in [0.2, 0.25) is 0 Å². The van der Waals surface area contributed by atoms with Crippen LogP contribution in [0.2, 0.25) is 0 Å². The van der Waals surface area contributed by atoms with E-state index in [-0.39, 0.29) is 6.04 Å². The van der Waals surface area contributed by atoms with Gasteiger partial charge in [0.05, 0.1) is 29.2 Å². The summed E-state index contributed by atoms with van der Waals surface area (Å²) in [5.74, 6) is 0. The van der Waals surface area contributed by atoms with Gasteiger partial charge in [0.25, 0.3) is 0 Å². The highest BCUT2D eigenvalue weighted by atomic mass is 15.3. The summed E-state index contributed by atoms with van der Waals surface area (Å²) in [5, 5.41) is 12.8. The van der Waals surface area contributed by atoms with Gasteiger partial charge < -0.3 is 5.73 Å². The Bertz CT molecular complexity index is 359. The van der Waals surface area contributed by atoms with Crippen LogP contribution in [-0.2, 0) is 0 Å². The lowest BCUT2D eigenvalue weighted by Gasteiger charge is -2.12. The molecule has 0 saturated heterocycles. The number of aromatic nitrogens is 2. The number of rotatable bonds is 3. The van der Waals surface area contributed by atoms with Crippen LogP contribution < -0.4 is 5.73 Å². The summed E-state index contributed by atoms with van der Waals surface area (Å²) in [6.45, 7) is 5.91. The second kappa shape index (κ2) is 4.14. The maximum Gasteiger partial charge on any atom is 0.0826 e. The lowest BCUT2D eigenvalue weighted by atomic mass is 10.2. The van der Waals surface area contributed by atoms with E-state index < -0.39 is 0 Å². The van der Waals surface area contributed by atoms with Gasteiger partial charge in [-0.15, -0.1) is 0 Å². The SMILES string of the molecule is Cc1nn(C(C)CCC#N)c(C)c1N. The highest BCUT2D eigenvalue weighted by Crippen LogP contribution is 2.21. The lowest BCUT2D eigenvalue weighted by Crippen LogP contribution is -2.09. The van der Waals surface area contributed by atoms with Crippen LogP contribution in [0.25, 0.3) is 0 Å². The van der Waals surface area contributed by atoms with Crippen LogP contribution in [0.15, 0.2) is 0 Å². The average molecular weight is 192 g/mol. The lowest BCUT2D eigenvalue weighted by molar-refractivity contribution is 0.453. The van der Waals surface area contributed by atoms with Crippen molar-refractivity contribution in [2.24, 2.45) is 0 Å². The Morgan fingerprint density at radius 1 is 1.57 bits per heavy atom. The molecule has 0 aliphatic heterocycles. The normalized spacial score (nSPS) is 12.4. The van der Waals surface area contributed by atoms with Gasteiger partial charge in [-0.1, -0.05) is 0 Å². The molecule has 0 bridgehead atoms. The van der Waals surface area contributed by atoms with Crippen molar-refractivity contribution in [3.05, 3.63) is 11.4 Å². The first kappa shape index (κ1) is 10.6. The Morgan fingerprint density at radius 2 is 2.21 bits per heavy atom. The summed E-state index contributed by atoms with van der Waals surface area (Å²) in [4.78, 5) is 0. The molecule has 1 unspecified atom stereocenters. The van der Waals surface area contributed by atoms with Crippen LogP contribution >= 0.6 is 0 Å². The molecule has 1 aromatic rings. The summed E-state index contributed by atoms with van der Waals surface area (Å²) >= 11 is 0. The molecule has 14 heavy (non-hydrogen) atoms. The van der Waals surface area contributed by atoms with Crippen molar-refractivity contribution >= 4 is 5.69 Å². The summed E-state index contributed by atoms with van der Waals surface area (Å²) in [5.41, 5.74) is 8.44. The molecule has 0 radical (unpaired) electrons. The van der Waals surface area contributed by atoms with E-state index >= 15 is 0 Å². The zero-order valence-corrected chi connectivity index (χ0v) is 8.91. The van der Waals surface area contributed by atoms with Gasteiger partial charge >= 0.3 is 0 Å². The second-order valence-electron chi connectivity index (χ2n) is 3.57. The predicted octanol–water partition coefficient (Wildman–Crippen LogP) is 1.95. The monoisotopic (exact) mass is 192 g/mol. The van der Waals surface area contributed by atoms with E-state index in [2.05, 4.69) is 18.1 Å². The quantitative estimate of drug-likeness (QED) is 0.795. The molecule has 0 aromatic carbocycles. The summed E-state index contributed by atoms with van der Waals surface area (Å²) < 4.78 is 1.90. The molecule has 0 aliphatic rings. The Morgan fingerprint density at radius 3 is 2.64 bits per heavy atom. The smallest absolute Gasteiger partial charge is 0.0826 e. The maximum absolute atomic E-state index is 8.49. The highest BCUT2D eigenvalue weighted by Gasteiger charge is 2.12. The molecule has 0 amide bonds. The molecule has 2 N–H and O–H groups in total. The van der Waals surface area contributed by atoms with E-state index in [1.54, 1.807) is 0 Å². The van der Waals surface area contributed by atoms with Gasteiger partial charge in [-0.05, 0) is 27.2 Å². The first-order chi connectivity index (χ1) is 6.57. The largest absolute Gasteiger partial charge is 0.396 e. The second-order valence-corrected chi connectivity index (χ2v) is 3.57. The zero-order valence-electron chi connectivity index (χ0n) is 8.91. The van der Waals surface area contributed by atoms with E-state index in [0.29, 0.717) is 6.42 Å². The van der Waals surface area contributed by atoms with Crippen LogP contribution in [0.1, 0.15) is 37.2 Å². The van der Waals surface area contributed by atoms with Crippen molar-refractivity contribution < 1.29 is 0 Å². The third-order valence-electron chi connectivity index (χ3n) is 2.47. The first-order valence-electron chi connectivity index (χ1n) is 4.76. The van der Waals surface area contributed by atoms with Crippen molar-refractivity contribution in [1.29, 1.82) is 5.26 Å². The van der Waals surface area contributed by atoms with Crippen LogP contribution in [0.4, 0.5) is 5.69 Å². The number of aryl methyl sites for hydroxylation is 1. The fraction of sp³-hybridized carbons (Fsp3) is 0.600. The molecule has 1 atom stereocenters. The van der Waals surface area contributed by atoms with Crippen molar-refractivity contribution in [3.63, 3.8) is 0 Å². The predicted molar refractivity (Wildman–Crippen MR) is 55.7 cm³/mol. The summed E-state index contributed by atoms with van der Waals surface area (Å²) in [6.07, 6.45) is 1.37. The van der Waals surface area contributed by atoms with Gasteiger partial charge in [-0.2, -0.15) is 10.4 Å². The number of nitrogens with zero attached hydrogens (tertiary/aromatic N) is 3. The van der Waals surface area contributed by atoms with E-state index in [1.165, 1.54) is 0 Å². The van der Waals surface area contributed by atoms with Gasteiger partial charge in [0.15, 0.2) is 0 Å². The van der Waals surface area contributed by atoms with Crippen LogP contribution in [0, 0.1) is 25.2 Å². The standard InChI is InChI=1S/C10H16N4/c1-7(5-4-6-11)14-9(3)10(12)8(2)13-14/h7H,4-5,12H2,1-3H3. The van der Waals surface area contributed by atoms with Crippen molar-refractivity contribution in [2.75, 3.05) is 5.73 Å². The van der Waals surface area contributed by atoms with Crippen molar-refractivity contribution in [2.45, 2.75) is 39.7 Å². The van der Waals surface area contributed by atoms with Crippen LogP contribution in [-0.4, -0.2) is 9.78 Å². The molecule has 76 valence electrons. The van der Waals surface area contributed by atoms with E-state index in [9.17, 15) is 0 Å². The number of nitrogen functional groups attached to an aromatic ring is 1. The fourth-order valence-electron chi connectivity index (χ4n) is 1.50. The molecule has 0 saturated carbocycles. The number of hydrogen-bond donors (Lipinski definition) is 1. The molecule has 4 nitrogen and oxygen atoms in total. The molecule has 4 heteroatoms. The zero-order chi connectivity index (χ0) is 10.7. The van der Waals surface area contributed by atoms with Gasteiger partial charge in [0, 0.05) is 6.42 Å². The molecular weight excluding hydrogens is 176 g/mol. The van der Waals surface area contributed by atoms with Crippen LogP contribution in [0.5, 0.6) is 0 Å². The van der Waals surface area contributed by atoms with Crippen LogP contribution in [0.3, 0.4) is 0 Å². The van der Waals surface area contributed by atoms with E-state index in [1.807, 2.05) is 18.5 Å². The molecule has 0 spiro atoms. The highest BCUT2D eigenvalue weighted by molar-refractivity contribution is 5.46. The first-order valence-corrected chi connectivity index (χ1v) is 4.76. The molecular formula is C10H16N4. The minimum absolute atomic E-state index is 0.241. The number of nitriles is 1. The fourth-order valence-corrected chi connectivity index (χ4v) is 1.50. The minimum Gasteiger partial charge on any atom is -0.396 e. The Kier molecular flexibility index (Phi) is 3.13. The Labute approximate surface area is 84.3 Å². The summed E-state index contributed by atoms with van der Waals surface area (Å²) in [6, 6.07) is 2.38. The van der Waals surface area contributed by atoms with Gasteiger partial charge in [-0.3, -0.25) is 4.68 Å². The molecule has 1 aromatic heterocycles. The third kappa shape index (κ3) is 1.87. The summed E-state index contributed by atoms with van der Waals surface area (Å²) in [7, 11) is 0. The Hall–Kier alpha value is -1.50. The molecule has 0 fully saturated rings. The van der Waals surface area contributed by atoms with Crippen molar-refractivity contribution in [3.8, 4) is 6.07 Å². The minimum atomic E-state index is 0.241. The third-order valence-corrected chi connectivity index (χ3v) is 2.47. The molecule has 0 aliphatic carbocycles. The topological polar surface area (TPSA) is 67.6 Å². The Balaban J connectivity index is 2.85.